The van der Waals surface area contributed by atoms with E-state index >= 15 is 0 Å². The molecule has 2 heterocycles. The van der Waals surface area contributed by atoms with Crippen molar-refractivity contribution < 1.29 is 66.1 Å². The van der Waals surface area contributed by atoms with Gasteiger partial charge in [0.05, 0.1) is 18.4 Å². The summed E-state index contributed by atoms with van der Waals surface area (Å²) in [5.74, 6) is 0.456. The van der Waals surface area contributed by atoms with Gasteiger partial charge in [0.15, 0.2) is 0 Å². The Kier molecular flexibility index (Phi) is 12.2. The molecule has 1 aromatic carbocycles. The molecule has 18 nitrogen and oxygen atoms in total. The number of ether oxygens (including phenoxy) is 2. The van der Waals surface area contributed by atoms with Crippen LogP contribution >= 0.6 is 34.8 Å². The van der Waals surface area contributed by atoms with E-state index in [9.17, 15) is 38.6 Å². The monoisotopic (exact) mass is 588 g/mol. The van der Waals surface area contributed by atoms with Crippen LogP contribution in [-0.4, -0.2) is 52.1 Å². The first-order chi connectivity index (χ1) is 14.7. The lowest BCUT2D eigenvalue weighted by Crippen LogP contribution is -2.33. The SMILES string of the molecule is COc1cccc2sc([C@@H]3O[C@H](COP(=O)([O-])OP(=O)([O-])OP(=O)([O-])O)[C@@H](O)[C@H]3O)nc12.[NH4+].[NH4+].[NH4+]. The molecule has 1 aliphatic heterocycles. The lowest BCUT2D eigenvalue weighted by molar-refractivity contribution is -0.250. The molecule has 0 aliphatic carbocycles. The van der Waals surface area contributed by atoms with Crippen LogP contribution in [0.2, 0.25) is 0 Å². The van der Waals surface area contributed by atoms with Gasteiger partial charge in [-0.25, -0.2) is 13.6 Å². The van der Waals surface area contributed by atoms with E-state index in [2.05, 4.69) is 18.1 Å². The Morgan fingerprint density at radius 3 is 2.26 bits per heavy atom. The fourth-order valence-corrected chi connectivity index (χ4v) is 6.73. The molecule has 3 unspecified atom stereocenters. The average Bonchev–Trinajstić information content (AvgIpc) is 3.19. The summed E-state index contributed by atoms with van der Waals surface area (Å²) >= 11 is 1.12. The number of methoxy groups -OCH3 is 1. The third kappa shape index (κ3) is 8.57. The van der Waals surface area contributed by atoms with Crippen LogP contribution in [0.5, 0.6) is 5.75 Å². The Labute approximate surface area is 202 Å². The smallest absolute Gasteiger partial charge is 0.280 e. The molecule has 35 heavy (non-hydrogen) atoms. The highest BCUT2D eigenvalue weighted by Crippen LogP contribution is 2.61. The number of hydrogen-bond donors (Lipinski definition) is 6. The first kappa shape index (κ1) is 34.1. The minimum atomic E-state index is -6.06. The van der Waals surface area contributed by atoms with Gasteiger partial charge in [-0.1, -0.05) is 6.07 Å². The van der Waals surface area contributed by atoms with Crippen molar-refractivity contribution in [1.82, 2.24) is 23.4 Å². The van der Waals surface area contributed by atoms with Crippen LogP contribution < -0.4 is 37.9 Å². The zero-order chi connectivity index (χ0) is 23.9. The predicted octanol–water partition coefficient (Wildman–Crippen LogP) is 0.0425. The highest BCUT2D eigenvalue weighted by atomic mass is 32.1. The Bertz CT molecular complexity index is 1130. The number of benzene rings is 1. The predicted molar refractivity (Wildman–Crippen MR) is 117 cm³/mol. The van der Waals surface area contributed by atoms with Crippen LogP contribution in [0.3, 0.4) is 0 Å². The quantitative estimate of drug-likeness (QED) is 0.211. The van der Waals surface area contributed by atoms with Crippen LogP contribution in [-0.2, 0) is 31.6 Å². The standard InChI is InChI=1S/C13H18NO14P3S.3H3N/c1-24-6-3-2-4-8-9(6)14-13(32-8)12-11(16)10(15)7(26-12)5-25-30(20,21)28-31(22,23)27-29(17,18)19;;;/h2-4,7,10-12,15-16H,5H2,1H3,(H,20,21)(H,22,23)(H2,17,18,19);3*1H3/t7-,10-,11-,12-;;;/m1.../s1. The van der Waals surface area contributed by atoms with Crippen molar-refractivity contribution in [1.29, 1.82) is 0 Å². The molecular formula is C13H27N4O14P3S. The van der Waals surface area contributed by atoms with Crippen molar-refractivity contribution >= 4 is 45.0 Å². The summed E-state index contributed by atoms with van der Waals surface area (Å²) in [5.41, 5.74) is 0.475. The summed E-state index contributed by atoms with van der Waals surface area (Å²) in [7, 11) is -16.2. The van der Waals surface area contributed by atoms with E-state index in [0.717, 1.165) is 11.3 Å². The van der Waals surface area contributed by atoms with Crippen molar-refractivity contribution in [2.24, 2.45) is 0 Å². The molecule has 204 valence electrons. The van der Waals surface area contributed by atoms with Crippen molar-refractivity contribution in [3.05, 3.63) is 23.2 Å². The molecular weight excluding hydrogens is 561 g/mol. The molecule has 1 aliphatic rings. The molecule has 15 N–H and O–H groups in total. The zero-order valence-electron chi connectivity index (χ0n) is 18.8. The first-order valence-electron chi connectivity index (χ1n) is 8.39. The number of aliphatic hydroxyl groups is 2. The van der Waals surface area contributed by atoms with Crippen LogP contribution in [0, 0.1) is 0 Å². The average molecular weight is 588 g/mol. The van der Waals surface area contributed by atoms with Gasteiger partial charge in [-0.15, -0.1) is 11.3 Å². The highest BCUT2D eigenvalue weighted by Gasteiger charge is 2.45. The highest BCUT2D eigenvalue weighted by molar-refractivity contribution is 7.65. The molecule has 0 amide bonds. The second kappa shape index (κ2) is 12.6. The van der Waals surface area contributed by atoms with Crippen LogP contribution in [0.15, 0.2) is 18.2 Å². The minimum absolute atomic E-state index is 0. The van der Waals surface area contributed by atoms with E-state index in [1.807, 2.05) is 0 Å². The van der Waals surface area contributed by atoms with Crippen LogP contribution in [0.25, 0.3) is 10.2 Å². The number of aromatic nitrogens is 1. The summed E-state index contributed by atoms with van der Waals surface area (Å²) in [6.45, 7) is -1.02. The molecule has 0 spiro atoms. The fraction of sp³-hybridized carbons (Fsp3) is 0.462. The van der Waals surface area contributed by atoms with Gasteiger partial charge >= 0.3 is 0 Å². The molecule has 1 fully saturated rings. The molecule has 1 aromatic heterocycles. The molecule has 0 bridgehead atoms. The van der Waals surface area contributed by atoms with Crippen molar-refractivity contribution in [3.8, 4) is 5.75 Å². The summed E-state index contributed by atoms with van der Waals surface area (Å²) in [6.07, 6.45) is -5.85. The number of para-hydroxylation sites is 1. The van der Waals surface area contributed by atoms with Gasteiger partial charge in [0.1, 0.15) is 40.7 Å². The maximum atomic E-state index is 11.7. The maximum absolute atomic E-state index is 11.7. The Hall–Kier alpha value is -0.920. The van der Waals surface area contributed by atoms with Crippen molar-refractivity contribution in [2.45, 2.75) is 24.4 Å². The number of nitrogens with zero attached hydrogens (tertiary/aromatic N) is 1. The number of quaternary nitrogens is 3. The number of phosphoric ester groups is 1. The van der Waals surface area contributed by atoms with E-state index in [1.165, 1.54) is 7.11 Å². The van der Waals surface area contributed by atoms with E-state index in [-0.39, 0.29) is 23.5 Å². The van der Waals surface area contributed by atoms with Gasteiger partial charge < -0.3 is 62.2 Å². The molecule has 3 rings (SSSR count). The number of thiazole rings is 1. The summed E-state index contributed by atoms with van der Waals surface area (Å²) in [4.78, 5) is 46.0. The molecule has 0 saturated carbocycles. The third-order valence-electron chi connectivity index (χ3n) is 4.02. The Balaban J connectivity index is 0.00000385. The number of fused-ring (bicyclic) bond motifs is 1. The van der Waals surface area contributed by atoms with Gasteiger partial charge in [0, 0.05) is 0 Å². The summed E-state index contributed by atoms with van der Waals surface area (Å²) in [6, 6.07) is 5.11. The van der Waals surface area contributed by atoms with Gasteiger partial charge in [-0.05, 0) is 12.1 Å². The number of phosphoric acid groups is 3. The van der Waals surface area contributed by atoms with E-state index in [4.69, 9.17) is 14.4 Å². The second-order valence-electron chi connectivity index (χ2n) is 6.26. The zero-order valence-corrected chi connectivity index (χ0v) is 22.3. The fourth-order valence-electron chi connectivity index (χ4n) is 2.77. The van der Waals surface area contributed by atoms with E-state index < -0.39 is 54.5 Å². The van der Waals surface area contributed by atoms with E-state index in [0.29, 0.717) is 16.0 Å². The molecule has 1 saturated heterocycles. The Morgan fingerprint density at radius 2 is 1.69 bits per heavy atom. The lowest BCUT2D eigenvalue weighted by atomic mass is 10.1. The molecule has 0 radical (unpaired) electrons. The van der Waals surface area contributed by atoms with Gasteiger partial charge in [0.25, 0.3) is 23.5 Å². The van der Waals surface area contributed by atoms with Crippen LogP contribution in [0.4, 0.5) is 0 Å². The number of rotatable bonds is 9. The molecule has 22 heteroatoms. The van der Waals surface area contributed by atoms with Crippen LogP contribution in [0.1, 0.15) is 11.1 Å². The van der Waals surface area contributed by atoms with Crippen molar-refractivity contribution in [3.63, 3.8) is 0 Å². The normalized spacial score (nSPS) is 26.8. The second-order valence-corrected chi connectivity index (χ2v) is 11.6. The Morgan fingerprint density at radius 1 is 1.06 bits per heavy atom. The number of hydrogen-bond acceptors (Lipinski definition) is 15. The van der Waals surface area contributed by atoms with E-state index in [1.54, 1.807) is 18.2 Å². The first-order valence-corrected chi connectivity index (χ1v) is 13.6. The van der Waals surface area contributed by atoms with Gasteiger partial charge in [-0.3, -0.25) is 13.7 Å². The maximum Gasteiger partial charge on any atom is 0.280 e. The van der Waals surface area contributed by atoms with Gasteiger partial charge in [0.2, 0.25) is 0 Å². The topological polar surface area (TPSA) is 350 Å². The van der Waals surface area contributed by atoms with Gasteiger partial charge in [-0.2, -0.15) is 0 Å². The molecule has 2 aromatic rings. The summed E-state index contributed by atoms with van der Waals surface area (Å²) in [5, 5.41) is 20.7. The largest absolute Gasteiger partial charge is 0.756 e. The molecule has 7 atom stereocenters. The number of aliphatic hydroxyl groups excluding tert-OH is 2. The lowest BCUT2D eigenvalue weighted by Gasteiger charge is -2.33. The summed E-state index contributed by atoms with van der Waals surface area (Å²) < 4.78 is 55.5. The van der Waals surface area contributed by atoms with Crippen molar-refractivity contribution in [2.75, 3.05) is 13.7 Å². The minimum Gasteiger partial charge on any atom is -0.756 e. The third-order valence-corrected chi connectivity index (χ3v) is 8.80.